The second-order valence-corrected chi connectivity index (χ2v) is 6.48. The van der Waals surface area contributed by atoms with Gasteiger partial charge < -0.3 is 4.74 Å². The van der Waals surface area contributed by atoms with Crippen molar-refractivity contribution in [3.8, 4) is 5.88 Å². The predicted octanol–water partition coefficient (Wildman–Crippen LogP) is 2.70. The molecule has 0 fully saturated rings. The Balaban J connectivity index is 2.38. The number of nitrogens with zero attached hydrogens (tertiary/aromatic N) is 2. The van der Waals surface area contributed by atoms with Crippen LogP contribution in [0, 0.1) is 0 Å². The SMILES string of the molecule is COc1cc(Cl)nc(NS(=O)(=O)c2ccccc2Br)n1. The van der Waals surface area contributed by atoms with Crippen molar-refractivity contribution in [1.82, 2.24) is 9.97 Å². The molecule has 0 atom stereocenters. The van der Waals surface area contributed by atoms with Gasteiger partial charge in [-0.3, -0.25) is 0 Å². The molecule has 106 valence electrons. The van der Waals surface area contributed by atoms with Crippen LogP contribution in [0.2, 0.25) is 5.15 Å². The molecule has 0 radical (unpaired) electrons. The molecular formula is C11H9BrClN3O3S. The molecule has 0 aliphatic rings. The maximum absolute atomic E-state index is 12.2. The van der Waals surface area contributed by atoms with Crippen LogP contribution in [0.15, 0.2) is 39.7 Å². The summed E-state index contributed by atoms with van der Waals surface area (Å²) in [5.74, 6) is -0.0000644. The van der Waals surface area contributed by atoms with Crippen LogP contribution in [-0.4, -0.2) is 25.5 Å². The van der Waals surface area contributed by atoms with Gasteiger partial charge in [-0.25, -0.2) is 18.1 Å². The fraction of sp³-hybridized carbons (Fsp3) is 0.0909. The van der Waals surface area contributed by atoms with E-state index < -0.39 is 10.0 Å². The van der Waals surface area contributed by atoms with E-state index in [0.717, 1.165) is 0 Å². The highest BCUT2D eigenvalue weighted by Crippen LogP contribution is 2.24. The van der Waals surface area contributed by atoms with Gasteiger partial charge in [-0.05, 0) is 28.1 Å². The molecule has 0 amide bonds. The molecule has 6 nitrogen and oxygen atoms in total. The lowest BCUT2D eigenvalue weighted by Gasteiger charge is -2.09. The van der Waals surface area contributed by atoms with Gasteiger partial charge in [-0.1, -0.05) is 23.7 Å². The molecule has 1 aromatic heterocycles. The van der Waals surface area contributed by atoms with Crippen molar-refractivity contribution in [1.29, 1.82) is 0 Å². The Morgan fingerprint density at radius 3 is 2.65 bits per heavy atom. The Morgan fingerprint density at radius 2 is 2.00 bits per heavy atom. The Morgan fingerprint density at radius 1 is 1.30 bits per heavy atom. The summed E-state index contributed by atoms with van der Waals surface area (Å²) >= 11 is 8.94. The zero-order chi connectivity index (χ0) is 14.8. The van der Waals surface area contributed by atoms with Crippen LogP contribution in [-0.2, 0) is 10.0 Å². The highest BCUT2D eigenvalue weighted by atomic mass is 79.9. The minimum absolute atomic E-state index is 0.0710. The number of hydrogen-bond acceptors (Lipinski definition) is 5. The second kappa shape index (κ2) is 5.94. The first kappa shape index (κ1) is 15.0. The Hall–Kier alpha value is -1.38. The average molecular weight is 379 g/mol. The third-order valence-electron chi connectivity index (χ3n) is 2.23. The molecule has 2 aromatic rings. The number of methoxy groups -OCH3 is 1. The van der Waals surface area contributed by atoms with Gasteiger partial charge >= 0.3 is 0 Å². The smallest absolute Gasteiger partial charge is 0.265 e. The first-order valence-electron chi connectivity index (χ1n) is 5.28. The Bertz CT molecular complexity index is 739. The van der Waals surface area contributed by atoms with E-state index in [2.05, 4.69) is 30.6 Å². The molecule has 1 N–H and O–H groups in total. The molecule has 0 spiro atoms. The van der Waals surface area contributed by atoms with Gasteiger partial charge in [0.25, 0.3) is 10.0 Å². The highest BCUT2D eigenvalue weighted by Gasteiger charge is 2.19. The van der Waals surface area contributed by atoms with Gasteiger partial charge in [0.2, 0.25) is 11.8 Å². The van der Waals surface area contributed by atoms with Crippen molar-refractivity contribution >= 4 is 43.5 Å². The zero-order valence-electron chi connectivity index (χ0n) is 10.2. The van der Waals surface area contributed by atoms with Crippen molar-refractivity contribution in [2.24, 2.45) is 0 Å². The first-order chi connectivity index (χ1) is 9.42. The number of sulfonamides is 1. The van der Waals surface area contributed by atoms with Gasteiger partial charge in [0.15, 0.2) is 0 Å². The topological polar surface area (TPSA) is 81.2 Å². The fourth-order valence-corrected chi connectivity index (χ4v) is 3.51. The average Bonchev–Trinajstić information content (AvgIpc) is 2.37. The van der Waals surface area contributed by atoms with Crippen LogP contribution in [0.1, 0.15) is 0 Å². The lowest BCUT2D eigenvalue weighted by molar-refractivity contribution is 0.397. The number of aromatic nitrogens is 2. The molecule has 0 aliphatic carbocycles. The second-order valence-electron chi connectivity index (χ2n) is 3.59. The van der Waals surface area contributed by atoms with Crippen molar-refractivity contribution in [2.75, 3.05) is 11.8 Å². The van der Waals surface area contributed by atoms with Crippen LogP contribution in [0.4, 0.5) is 5.95 Å². The first-order valence-corrected chi connectivity index (χ1v) is 7.94. The minimum Gasteiger partial charge on any atom is -0.481 e. The summed E-state index contributed by atoms with van der Waals surface area (Å²) in [6, 6.07) is 7.76. The molecule has 0 bridgehead atoms. The number of nitrogens with one attached hydrogen (secondary N) is 1. The van der Waals surface area contributed by atoms with E-state index in [-0.39, 0.29) is 21.9 Å². The fourth-order valence-electron chi connectivity index (χ4n) is 1.39. The molecule has 0 aliphatic heterocycles. The van der Waals surface area contributed by atoms with Crippen LogP contribution in [0.3, 0.4) is 0 Å². The van der Waals surface area contributed by atoms with E-state index in [1.165, 1.54) is 19.2 Å². The molecule has 0 saturated heterocycles. The quantitative estimate of drug-likeness (QED) is 0.827. The molecule has 0 saturated carbocycles. The summed E-state index contributed by atoms with van der Waals surface area (Å²) in [6.07, 6.45) is 0. The summed E-state index contributed by atoms with van der Waals surface area (Å²) in [6.45, 7) is 0. The van der Waals surface area contributed by atoms with Gasteiger partial charge in [-0.2, -0.15) is 4.98 Å². The summed E-state index contributed by atoms with van der Waals surface area (Å²) in [5, 5.41) is 0.0710. The van der Waals surface area contributed by atoms with Crippen molar-refractivity contribution in [3.05, 3.63) is 40.0 Å². The molecule has 20 heavy (non-hydrogen) atoms. The lowest BCUT2D eigenvalue weighted by atomic mass is 10.4. The molecule has 9 heteroatoms. The predicted molar refractivity (Wildman–Crippen MR) is 78.5 cm³/mol. The molecule has 2 rings (SSSR count). The molecule has 1 aromatic carbocycles. The summed E-state index contributed by atoms with van der Waals surface area (Å²) in [4.78, 5) is 7.73. The van der Waals surface area contributed by atoms with E-state index >= 15 is 0 Å². The van der Waals surface area contributed by atoms with E-state index in [0.29, 0.717) is 4.47 Å². The Kier molecular flexibility index (Phi) is 4.46. The molecule has 0 unspecified atom stereocenters. The minimum atomic E-state index is -3.82. The number of anilines is 1. The van der Waals surface area contributed by atoms with Gasteiger partial charge in [0, 0.05) is 10.5 Å². The van der Waals surface area contributed by atoms with Crippen molar-refractivity contribution in [3.63, 3.8) is 0 Å². The van der Waals surface area contributed by atoms with Crippen molar-refractivity contribution in [2.45, 2.75) is 4.90 Å². The number of halogens is 2. The van der Waals surface area contributed by atoms with Crippen LogP contribution in [0.5, 0.6) is 5.88 Å². The van der Waals surface area contributed by atoms with Crippen LogP contribution in [0.25, 0.3) is 0 Å². The number of hydrogen-bond donors (Lipinski definition) is 1. The van der Waals surface area contributed by atoms with Crippen LogP contribution >= 0.6 is 27.5 Å². The highest BCUT2D eigenvalue weighted by molar-refractivity contribution is 9.10. The van der Waals surface area contributed by atoms with Gasteiger partial charge in [0.05, 0.1) is 7.11 Å². The number of benzene rings is 1. The summed E-state index contributed by atoms with van der Waals surface area (Å²) in [5.41, 5.74) is 0. The van der Waals surface area contributed by atoms with E-state index in [9.17, 15) is 8.42 Å². The zero-order valence-corrected chi connectivity index (χ0v) is 13.3. The van der Waals surface area contributed by atoms with E-state index in [4.69, 9.17) is 16.3 Å². The third-order valence-corrected chi connectivity index (χ3v) is 4.77. The maximum atomic E-state index is 12.2. The largest absolute Gasteiger partial charge is 0.481 e. The van der Waals surface area contributed by atoms with E-state index in [1.54, 1.807) is 18.2 Å². The number of rotatable bonds is 4. The van der Waals surface area contributed by atoms with Gasteiger partial charge in [0.1, 0.15) is 10.0 Å². The molecule has 1 heterocycles. The van der Waals surface area contributed by atoms with Gasteiger partial charge in [-0.15, -0.1) is 0 Å². The third kappa shape index (κ3) is 3.38. The maximum Gasteiger partial charge on any atom is 0.265 e. The molecular weight excluding hydrogens is 370 g/mol. The summed E-state index contributed by atoms with van der Waals surface area (Å²) < 4.78 is 32.0. The standard InChI is InChI=1S/C11H9BrClN3O3S/c1-19-10-6-9(13)14-11(15-10)16-20(17,18)8-5-3-2-4-7(8)12/h2-6H,1H3,(H,14,15,16). The monoisotopic (exact) mass is 377 g/mol. The van der Waals surface area contributed by atoms with Crippen LogP contribution < -0.4 is 9.46 Å². The number of ether oxygens (including phenoxy) is 1. The normalized spacial score (nSPS) is 11.2. The van der Waals surface area contributed by atoms with Crippen molar-refractivity contribution < 1.29 is 13.2 Å². The lowest BCUT2D eigenvalue weighted by Crippen LogP contribution is -2.15. The summed E-state index contributed by atoms with van der Waals surface area (Å²) in [7, 11) is -2.43. The Labute approximate surface area is 129 Å². The van der Waals surface area contributed by atoms with E-state index in [1.807, 2.05) is 0 Å².